The minimum absolute atomic E-state index is 0.0170. The van der Waals surface area contributed by atoms with Gasteiger partial charge in [0.15, 0.2) is 0 Å². The highest BCUT2D eigenvalue weighted by Gasteiger charge is 2.28. The summed E-state index contributed by atoms with van der Waals surface area (Å²) in [5, 5.41) is -0.677. The molecule has 0 aromatic heterocycles. The van der Waals surface area contributed by atoms with Crippen LogP contribution in [0.25, 0.3) is 0 Å². The minimum atomic E-state index is -4.36. The number of hydrogen-bond donors (Lipinski definition) is 0. The van der Waals surface area contributed by atoms with Crippen LogP contribution in [0.15, 0.2) is 18.2 Å². The fourth-order valence-electron chi connectivity index (χ4n) is 2.06. The van der Waals surface area contributed by atoms with Crippen molar-refractivity contribution in [3.8, 4) is 0 Å². The van der Waals surface area contributed by atoms with E-state index in [0.717, 1.165) is 11.3 Å². The lowest BCUT2D eigenvalue weighted by Crippen LogP contribution is -2.20. The van der Waals surface area contributed by atoms with Crippen LogP contribution in [0.5, 0.6) is 0 Å². The summed E-state index contributed by atoms with van der Waals surface area (Å²) in [6.45, 7) is -1.55. The number of carbonyl (C=O) groups is 1. The van der Waals surface area contributed by atoms with Gasteiger partial charge in [-0.2, -0.15) is 13.2 Å². The summed E-state index contributed by atoms with van der Waals surface area (Å²) in [6.07, 6.45) is -4.07. The second-order valence-corrected chi connectivity index (χ2v) is 5.14. The van der Waals surface area contributed by atoms with Crippen molar-refractivity contribution in [1.82, 2.24) is 0 Å². The SMILES string of the molecule is CN1C(=O)Cc2cc(C(Cl)COCC(F)(F)F)ccc21. The Morgan fingerprint density at radius 1 is 1.45 bits per heavy atom. The first-order chi connectivity index (χ1) is 9.28. The first-order valence-corrected chi connectivity index (χ1v) is 6.39. The lowest BCUT2D eigenvalue weighted by molar-refractivity contribution is -0.173. The maximum atomic E-state index is 12.0. The lowest BCUT2D eigenvalue weighted by atomic mass is 10.1. The number of benzene rings is 1. The Morgan fingerprint density at radius 3 is 2.80 bits per heavy atom. The van der Waals surface area contributed by atoms with Gasteiger partial charge >= 0.3 is 6.18 Å². The fourth-order valence-corrected chi connectivity index (χ4v) is 2.28. The van der Waals surface area contributed by atoms with Crippen molar-refractivity contribution in [2.75, 3.05) is 25.2 Å². The number of rotatable bonds is 4. The van der Waals surface area contributed by atoms with Gasteiger partial charge in [-0.15, -0.1) is 11.6 Å². The molecule has 1 aliphatic heterocycles. The van der Waals surface area contributed by atoms with E-state index in [1.54, 1.807) is 30.1 Å². The summed E-state index contributed by atoms with van der Waals surface area (Å²) < 4.78 is 40.4. The molecular weight excluding hydrogens is 295 g/mol. The number of amides is 1. The van der Waals surface area contributed by atoms with Crippen LogP contribution in [0, 0.1) is 0 Å². The van der Waals surface area contributed by atoms with E-state index in [-0.39, 0.29) is 18.9 Å². The first-order valence-electron chi connectivity index (χ1n) is 5.96. The maximum Gasteiger partial charge on any atom is 0.411 e. The second kappa shape index (κ2) is 5.61. The largest absolute Gasteiger partial charge is 0.411 e. The summed E-state index contributed by atoms with van der Waals surface area (Å²) in [5.74, 6) is -0.0170. The number of fused-ring (bicyclic) bond motifs is 1. The topological polar surface area (TPSA) is 29.5 Å². The Labute approximate surface area is 119 Å². The van der Waals surface area contributed by atoms with E-state index in [9.17, 15) is 18.0 Å². The van der Waals surface area contributed by atoms with Crippen molar-refractivity contribution >= 4 is 23.2 Å². The number of carbonyl (C=O) groups excluding carboxylic acids is 1. The molecule has 110 valence electrons. The summed E-state index contributed by atoms with van der Waals surface area (Å²) in [4.78, 5) is 13.1. The molecule has 0 N–H and O–H groups in total. The zero-order valence-electron chi connectivity index (χ0n) is 10.7. The number of ether oxygens (including phenoxy) is 1. The van der Waals surface area contributed by atoms with E-state index in [1.165, 1.54) is 0 Å². The van der Waals surface area contributed by atoms with Crippen LogP contribution in [0.1, 0.15) is 16.5 Å². The Morgan fingerprint density at radius 2 is 2.15 bits per heavy atom. The van der Waals surface area contributed by atoms with E-state index in [2.05, 4.69) is 4.74 Å². The molecular formula is C13H13ClF3NO2. The van der Waals surface area contributed by atoms with Gasteiger partial charge in [0.1, 0.15) is 6.61 Å². The molecule has 20 heavy (non-hydrogen) atoms. The third-order valence-electron chi connectivity index (χ3n) is 3.07. The molecule has 3 nitrogen and oxygen atoms in total. The molecule has 7 heteroatoms. The van der Waals surface area contributed by atoms with Crippen LogP contribution in [0.3, 0.4) is 0 Å². The molecule has 0 saturated carbocycles. The third kappa shape index (κ3) is 3.43. The summed E-state index contributed by atoms with van der Waals surface area (Å²) >= 11 is 6.02. The molecule has 0 bridgehead atoms. The van der Waals surface area contributed by atoms with Crippen molar-refractivity contribution in [3.05, 3.63) is 29.3 Å². The van der Waals surface area contributed by atoms with Crippen LogP contribution >= 0.6 is 11.6 Å². The number of nitrogens with zero attached hydrogens (tertiary/aromatic N) is 1. The molecule has 1 heterocycles. The van der Waals surface area contributed by atoms with Gasteiger partial charge < -0.3 is 9.64 Å². The van der Waals surface area contributed by atoms with Crippen molar-refractivity contribution in [2.45, 2.75) is 18.0 Å². The van der Waals surface area contributed by atoms with E-state index in [4.69, 9.17) is 11.6 Å². The molecule has 1 unspecified atom stereocenters. The number of likely N-dealkylation sites (N-methyl/N-ethyl adjacent to an activating group) is 1. The van der Waals surface area contributed by atoms with Crippen molar-refractivity contribution in [1.29, 1.82) is 0 Å². The highest BCUT2D eigenvalue weighted by Crippen LogP contribution is 2.32. The Bertz CT molecular complexity index is 519. The molecule has 2 rings (SSSR count). The molecule has 0 spiro atoms. The van der Waals surface area contributed by atoms with Gasteiger partial charge in [0.05, 0.1) is 18.4 Å². The van der Waals surface area contributed by atoms with Crippen molar-refractivity contribution in [2.24, 2.45) is 0 Å². The van der Waals surface area contributed by atoms with Crippen LogP contribution in [0.4, 0.5) is 18.9 Å². The summed E-state index contributed by atoms with van der Waals surface area (Å²) in [6, 6.07) is 5.18. The molecule has 0 saturated heterocycles. The molecule has 1 aromatic rings. The highest BCUT2D eigenvalue weighted by molar-refractivity contribution is 6.21. The highest BCUT2D eigenvalue weighted by atomic mass is 35.5. The molecule has 1 amide bonds. The van der Waals surface area contributed by atoms with E-state index in [1.807, 2.05) is 0 Å². The zero-order valence-corrected chi connectivity index (χ0v) is 11.5. The molecule has 1 atom stereocenters. The van der Waals surface area contributed by atoms with Crippen molar-refractivity contribution < 1.29 is 22.7 Å². The number of halogens is 4. The average Bonchev–Trinajstić information content (AvgIpc) is 2.63. The predicted octanol–water partition coefficient (Wildman–Crippen LogP) is 3.06. The van der Waals surface area contributed by atoms with Gasteiger partial charge in [-0.3, -0.25) is 4.79 Å². The number of alkyl halides is 4. The average molecular weight is 308 g/mol. The number of anilines is 1. The van der Waals surface area contributed by atoms with Crippen LogP contribution in [-0.4, -0.2) is 32.3 Å². The lowest BCUT2D eigenvalue weighted by Gasteiger charge is -2.14. The van der Waals surface area contributed by atoms with Crippen LogP contribution < -0.4 is 4.90 Å². The van der Waals surface area contributed by atoms with Gasteiger partial charge in [0.2, 0.25) is 5.91 Å². The normalized spacial score (nSPS) is 16.4. The van der Waals surface area contributed by atoms with E-state index < -0.39 is 18.2 Å². The third-order valence-corrected chi connectivity index (χ3v) is 3.45. The molecule has 0 fully saturated rings. The van der Waals surface area contributed by atoms with E-state index >= 15 is 0 Å². The van der Waals surface area contributed by atoms with Gasteiger partial charge in [0, 0.05) is 12.7 Å². The van der Waals surface area contributed by atoms with Gasteiger partial charge in [-0.25, -0.2) is 0 Å². The maximum absolute atomic E-state index is 12.0. The number of hydrogen-bond acceptors (Lipinski definition) is 2. The quantitative estimate of drug-likeness (QED) is 0.800. The molecule has 1 aromatic carbocycles. The van der Waals surface area contributed by atoms with Crippen molar-refractivity contribution in [3.63, 3.8) is 0 Å². The summed E-state index contributed by atoms with van der Waals surface area (Å²) in [7, 11) is 1.68. The first kappa shape index (κ1) is 15.1. The molecule has 0 aliphatic carbocycles. The van der Waals surface area contributed by atoms with Crippen LogP contribution in [0.2, 0.25) is 0 Å². The zero-order chi connectivity index (χ0) is 14.9. The Balaban J connectivity index is 2.00. The monoisotopic (exact) mass is 307 g/mol. The Kier molecular flexibility index (Phi) is 4.25. The van der Waals surface area contributed by atoms with Gasteiger partial charge in [0.25, 0.3) is 0 Å². The Hall–Kier alpha value is -1.27. The second-order valence-electron chi connectivity index (χ2n) is 4.62. The van der Waals surface area contributed by atoms with Gasteiger partial charge in [-0.05, 0) is 17.2 Å². The smallest absolute Gasteiger partial charge is 0.370 e. The summed E-state index contributed by atoms with van der Waals surface area (Å²) in [5.41, 5.74) is 2.28. The molecule has 0 radical (unpaired) electrons. The van der Waals surface area contributed by atoms with Crippen LogP contribution in [-0.2, 0) is 16.0 Å². The molecule has 1 aliphatic rings. The fraction of sp³-hybridized carbons (Fsp3) is 0.462. The minimum Gasteiger partial charge on any atom is -0.370 e. The predicted molar refractivity (Wildman–Crippen MR) is 69.0 cm³/mol. The van der Waals surface area contributed by atoms with E-state index in [0.29, 0.717) is 5.56 Å². The standard InChI is InChI=1S/C13H13ClF3NO2/c1-18-11-3-2-8(4-9(11)5-12(18)19)10(14)6-20-7-13(15,16)17/h2-4,10H,5-7H2,1H3. The van der Waals surface area contributed by atoms with Gasteiger partial charge in [-0.1, -0.05) is 12.1 Å².